The highest BCUT2D eigenvalue weighted by molar-refractivity contribution is 5.96. The van der Waals surface area contributed by atoms with Crippen LogP contribution >= 0.6 is 0 Å². The van der Waals surface area contributed by atoms with Crippen molar-refractivity contribution in [2.45, 2.75) is 0 Å². The van der Waals surface area contributed by atoms with Crippen molar-refractivity contribution in [1.82, 2.24) is 9.61 Å². The summed E-state index contributed by atoms with van der Waals surface area (Å²) in [5.41, 5.74) is 1.41. The fourth-order valence-electron chi connectivity index (χ4n) is 1.32. The number of methoxy groups -OCH3 is 1. The van der Waals surface area contributed by atoms with Crippen LogP contribution in [0.2, 0.25) is 0 Å². The van der Waals surface area contributed by atoms with Crippen molar-refractivity contribution in [3.05, 3.63) is 35.7 Å². The molecule has 5 heteroatoms. The van der Waals surface area contributed by atoms with Gasteiger partial charge in [-0.1, -0.05) is 0 Å². The molecule has 5 nitrogen and oxygen atoms in total. The molecule has 0 aliphatic heterocycles. The van der Waals surface area contributed by atoms with E-state index in [2.05, 4.69) is 9.84 Å². The summed E-state index contributed by atoms with van der Waals surface area (Å²) in [5, 5.41) is 12.7. The number of fused-ring (bicyclic) bond motifs is 1. The summed E-state index contributed by atoms with van der Waals surface area (Å²) in [4.78, 5) is 11.3. The Labute approximate surface area is 85.5 Å². The van der Waals surface area contributed by atoms with Crippen LogP contribution in [0.4, 0.5) is 0 Å². The lowest BCUT2D eigenvalue weighted by atomic mass is 10.2. The molecular weight excluding hydrogens is 194 g/mol. The number of aromatic nitrogens is 2. The molecule has 2 aromatic rings. The highest BCUT2D eigenvalue weighted by atomic mass is 16.5. The van der Waals surface area contributed by atoms with Crippen LogP contribution in [0.15, 0.2) is 24.5 Å². The summed E-state index contributed by atoms with van der Waals surface area (Å²) >= 11 is 0. The van der Waals surface area contributed by atoms with Crippen molar-refractivity contribution in [2.75, 3.05) is 7.11 Å². The van der Waals surface area contributed by atoms with Gasteiger partial charge in [0.2, 0.25) is 0 Å². The predicted molar refractivity (Wildman–Crippen MR) is 51.2 cm³/mol. The molecule has 0 N–H and O–H groups in total. The van der Waals surface area contributed by atoms with Gasteiger partial charge in [-0.25, -0.2) is 9.31 Å². The van der Waals surface area contributed by atoms with Gasteiger partial charge in [-0.05, 0) is 12.1 Å². The van der Waals surface area contributed by atoms with Crippen LogP contribution < -0.4 is 0 Å². The lowest BCUT2D eigenvalue weighted by Gasteiger charge is -1.97. The van der Waals surface area contributed by atoms with Gasteiger partial charge in [0.25, 0.3) is 0 Å². The molecule has 0 aliphatic carbocycles. The molecule has 2 rings (SSSR count). The smallest absolute Gasteiger partial charge is 0.341 e. The van der Waals surface area contributed by atoms with Crippen LogP contribution in [0, 0.1) is 11.3 Å². The van der Waals surface area contributed by atoms with Crippen LogP contribution in [0.25, 0.3) is 5.52 Å². The number of pyridine rings is 1. The summed E-state index contributed by atoms with van der Waals surface area (Å²) in [7, 11) is 1.31. The largest absolute Gasteiger partial charge is 0.465 e. The van der Waals surface area contributed by atoms with E-state index in [9.17, 15) is 4.79 Å². The standard InChI is InChI=1S/C10H7N3O2/c1-15-10(14)8-6-12-13-3-2-7(5-11)4-9(8)13/h2-4,6H,1H3. The maximum absolute atomic E-state index is 11.3. The molecule has 0 fully saturated rings. The average molecular weight is 201 g/mol. The highest BCUT2D eigenvalue weighted by Gasteiger charge is 2.12. The van der Waals surface area contributed by atoms with E-state index in [-0.39, 0.29) is 0 Å². The fourth-order valence-corrected chi connectivity index (χ4v) is 1.32. The number of nitriles is 1. The zero-order chi connectivity index (χ0) is 10.8. The SMILES string of the molecule is COC(=O)c1cnn2ccc(C#N)cc12. The van der Waals surface area contributed by atoms with Crippen LogP contribution in [0.5, 0.6) is 0 Å². The van der Waals surface area contributed by atoms with Crippen molar-refractivity contribution in [3.8, 4) is 6.07 Å². The highest BCUT2D eigenvalue weighted by Crippen LogP contribution is 2.13. The quantitative estimate of drug-likeness (QED) is 0.645. The fraction of sp³-hybridized carbons (Fsp3) is 0.100. The van der Waals surface area contributed by atoms with Gasteiger partial charge in [0.1, 0.15) is 5.56 Å². The molecule has 15 heavy (non-hydrogen) atoms. The Bertz CT molecular complexity index is 566. The first-order chi connectivity index (χ1) is 7.26. The summed E-state index contributed by atoms with van der Waals surface area (Å²) < 4.78 is 6.12. The minimum Gasteiger partial charge on any atom is -0.465 e. The number of rotatable bonds is 1. The molecule has 0 unspecified atom stereocenters. The van der Waals surface area contributed by atoms with E-state index in [0.717, 1.165) is 0 Å². The molecule has 0 spiro atoms. The number of carbonyl (C=O) groups is 1. The van der Waals surface area contributed by atoms with Crippen molar-refractivity contribution in [3.63, 3.8) is 0 Å². The molecule has 0 atom stereocenters. The van der Waals surface area contributed by atoms with Crippen molar-refractivity contribution >= 4 is 11.5 Å². The van der Waals surface area contributed by atoms with Crippen LogP contribution in [-0.4, -0.2) is 22.7 Å². The van der Waals surface area contributed by atoms with Gasteiger partial charge >= 0.3 is 5.97 Å². The number of hydrogen-bond acceptors (Lipinski definition) is 4. The number of nitrogens with zero attached hydrogens (tertiary/aromatic N) is 3. The third-order valence-corrected chi connectivity index (χ3v) is 2.06. The number of esters is 1. The van der Waals surface area contributed by atoms with Gasteiger partial charge in [-0.3, -0.25) is 0 Å². The first-order valence-corrected chi connectivity index (χ1v) is 4.22. The van der Waals surface area contributed by atoms with Gasteiger partial charge in [0.05, 0.1) is 30.5 Å². The minimum absolute atomic E-state index is 0.356. The Hall–Kier alpha value is -2.35. The maximum Gasteiger partial charge on any atom is 0.341 e. The topological polar surface area (TPSA) is 67.4 Å². The Morgan fingerprint density at radius 2 is 2.47 bits per heavy atom. The van der Waals surface area contributed by atoms with Gasteiger partial charge in [-0.2, -0.15) is 10.4 Å². The molecular formula is C10H7N3O2. The molecule has 2 heterocycles. The van der Waals surface area contributed by atoms with Gasteiger partial charge in [-0.15, -0.1) is 0 Å². The molecule has 0 saturated heterocycles. The third-order valence-electron chi connectivity index (χ3n) is 2.06. The Kier molecular flexibility index (Phi) is 2.10. The molecule has 2 aromatic heterocycles. The van der Waals surface area contributed by atoms with Crippen molar-refractivity contribution < 1.29 is 9.53 Å². The van der Waals surface area contributed by atoms with Crippen LogP contribution in [0.3, 0.4) is 0 Å². The molecule has 0 aromatic carbocycles. The first kappa shape index (κ1) is 9.21. The molecule has 0 saturated carbocycles. The molecule has 0 radical (unpaired) electrons. The number of ether oxygens (including phenoxy) is 1. The second-order valence-electron chi connectivity index (χ2n) is 2.91. The van der Waals surface area contributed by atoms with E-state index in [1.807, 2.05) is 6.07 Å². The monoisotopic (exact) mass is 201 g/mol. The van der Waals surface area contributed by atoms with Gasteiger partial charge in [0, 0.05) is 6.20 Å². The molecule has 0 bridgehead atoms. The zero-order valence-electron chi connectivity index (χ0n) is 7.97. The zero-order valence-corrected chi connectivity index (χ0v) is 7.97. The lowest BCUT2D eigenvalue weighted by molar-refractivity contribution is 0.0603. The predicted octanol–water partition coefficient (Wildman–Crippen LogP) is 0.993. The van der Waals surface area contributed by atoms with E-state index < -0.39 is 5.97 Å². The second-order valence-corrected chi connectivity index (χ2v) is 2.91. The summed E-state index contributed by atoms with van der Waals surface area (Å²) in [6.45, 7) is 0. The maximum atomic E-state index is 11.3. The van der Waals surface area contributed by atoms with Gasteiger partial charge in [0.15, 0.2) is 0 Å². The molecule has 0 aliphatic rings. The normalized spacial score (nSPS) is 9.87. The average Bonchev–Trinajstić information content (AvgIpc) is 2.70. The Morgan fingerprint density at radius 1 is 1.67 bits per heavy atom. The third kappa shape index (κ3) is 1.42. The molecule has 74 valence electrons. The minimum atomic E-state index is -0.458. The molecule has 0 amide bonds. The lowest BCUT2D eigenvalue weighted by Crippen LogP contribution is -2.00. The van der Waals surface area contributed by atoms with E-state index >= 15 is 0 Å². The summed E-state index contributed by atoms with van der Waals surface area (Å²) in [6.07, 6.45) is 3.04. The Balaban J connectivity index is 2.67. The second kappa shape index (κ2) is 3.42. The Morgan fingerprint density at radius 3 is 3.13 bits per heavy atom. The van der Waals surface area contributed by atoms with Crippen molar-refractivity contribution in [1.29, 1.82) is 5.26 Å². The summed E-state index contributed by atoms with van der Waals surface area (Å²) in [5.74, 6) is -0.458. The number of hydrogen-bond donors (Lipinski definition) is 0. The summed E-state index contributed by atoms with van der Waals surface area (Å²) in [6, 6.07) is 5.22. The first-order valence-electron chi connectivity index (χ1n) is 4.22. The van der Waals surface area contributed by atoms with E-state index in [4.69, 9.17) is 5.26 Å². The van der Waals surface area contributed by atoms with Crippen LogP contribution in [-0.2, 0) is 4.74 Å². The van der Waals surface area contributed by atoms with Gasteiger partial charge < -0.3 is 4.74 Å². The van der Waals surface area contributed by atoms with E-state index in [0.29, 0.717) is 16.6 Å². The van der Waals surface area contributed by atoms with E-state index in [1.165, 1.54) is 17.8 Å². The number of carbonyl (C=O) groups excluding carboxylic acids is 1. The van der Waals surface area contributed by atoms with E-state index in [1.54, 1.807) is 18.3 Å². The van der Waals surface area contributed by atoms with Crippen molar-refractivity contribution in [2.24, 2.45) is 0 Å². The van der Waals surface area contributed by atoms with Crippen LogP contribution in [0.1, 0.15) is 15.9 Å².